The largest absolute Gasteiger partial charge is 0.298 e. The van der Waals surface area contributed by atoms with Gasteiger partial charge in [0.15, 0.2) is 0 Å². The highest BCUT2D eigenvalue weighted by Gasteiger charge is 2.11. The van der Waals surface area contributed by atoms with Crippen molar-refractivity contribution in [1.82, 2.24) is 4.90 Å². The first-order valence-electron chi connectivity index (χ1n) is 5.76. The molecule has 0 amide bonds. The summed E-state index contributed by atoms with van der Waals surface area (Å²) in [5, 5.41) is 0. The van der Waals surface area contributed by atoms with E-state index in [1.165, 1.54) is 11.1 Å². The van der Waals surface area contributed by atoms with Gasteiger partial charge in [-0.1, -0.05) is 38.1 Å². The SMILES string of the molecule is Cc1ccccc1CN(C)CC(=O)C(C)C. The Balaban J connectivity index is 2.55. The highest BCUT2D eigenvalue weighted by Crippen LogP contribution is 2.09. The monoisotopic (exact) mass is 219 g/mol. The number of rotatable bonds is 5. The van der Waals surface area contributed by atoms with Gasteiger partial charge in [-0.15, -0.1) is 0 Å². The van der Waals surface area contributed by atoms with Gasteiger partial charge < -0.3 is 0 Å². The van der Waals surface area contributed by atoms with E-state index in [1.54, 1.807) is 0 Å². The summed E-state index contributed by atoms with van der Waals surface area (Å²) < 4.78 is 0. The molecule has 1 rings (SSSR count). The molecular weight excluding hydrogens is 198 g/mol. The Kier molecular flexibility index (Phi) is 4.69. The van der Waals surface area contributed by atoms with Gasteiger partial charge in [0.1, 0.15) is 5.78 Å². The standard InChI is InChI=1S/C14H21NO/c1-11(2)14(16)10-15(4)9-13-8-6-5-7-12(13)3/h5-8,11H,9-10H2,1-4H3. The van der Waals surface area contributed by atoms with E-state index in [1.807, 2.05) is 33.0 Å². The van der Waals surface area contributed by atoms with Crippen molar-refractivity contribution >= 4 is 5.78 Å². The minimum absolute atomic E-state index is 0.124. The number of hydrogen-bond donors (Lipinski definition) is 0. The van der Waals surface area contributed by atoms with E-state index in [2.05, 4.69) is 24.0 Å². The highest BCUT2D eigenvalue weighted by atomic mass is 16.1. The van der Waals surface area contributed by atoms with Crippen LogP contribution in [0.3, 0.4) is 0 Å². The summed E-state index contributed by atoms with van der Waals surface area (Å²) in [6, 6.07) is 8.30. The van der Waals surface area contributed by atoms with Crippen molar-refractivity contribution in [2.45, 2.75) is 27.3 Å². The van der Waals surface area contributed by atoms with Crippen molar-refractivity contribution in [2.75, 3.05) is 13.6 Å². The molecule has 1 aromatic carbocycles. The molecule has 2 nitrogen and oxygen atoms in total. The molecule has 0 aliphatic rings. The summed E-state index contributed by atoms with van der Waals surface area (Å²) in [5.74, 6) is 0.426. The van der Waals surface area contributed by atoms with E-state index in [9.17, 15) is 4.79 Å². The van der Waals surface area contributed by atoms with Gasteiger partial charge in [0, 0.05) is 12.5 Å². The maximum atomic E-state index is 11.6. The summed E-state index contributed by atoms with van der Waals surface area (Å²) in [5.41, 5.74) is 2.58. The van der Waals surface area contributed by atoms with Crippen LogP contribution in [0.15, 0.2) is 24.3 Å². The third-order valence-electron chi connectivity index (χ3n) is 2.77. The fourth-order valence-corrected chi connectivity index (χ4v) is 1.58. The van der Waals surface area contributed by atoms with E-state index in [0.29, 0.717) is 12.3 Å². The van der Waals surface area contributed by atoms with Gasteiger partial charge in [-0.05, 0) is 25.1 Å². The van der Waals surface area contributed by atoms with Crippen LogP contribution >= 0.6 is 0 Å². The lowest BCUT2D eigenvalue weighted by atomic mass is 10.1. The van der Waals surface area contributed by atoms with Crippen LogP contribution in [-0.4, -0.2) is 24.3 Å². The Morgan fingerprint density at radius 2 is 1.94 bits per heavy atom. The van der Waals surface area contributed by atoms with Gasteiger partial charge in [-0.25, -0.2) is 0 Å². The molecule has 0 saturated heterocycles. The minimum atomic E-state index is 0.124. The zero-order chi connectivity index (χ0) is 12.1. The van der Waals surface area contributed by atoms with Crippen LogP contribution in [0.1, 0.15) is 25.0 Å². The number of likely N-dealkylation sites (N-methyl/N-ethyl adjacent to an activating group) is 1. The van der Waals surface area contributed by atoms with Crippen molar-refractivity contribution in [3.05, 3.63) is 35.4 Å². The van der Waals surface area contributed by atoms with Crippen molar-refractivity contribution in [2.24, 2.45) is 5.92 Å². The maximum Gasteiger partial charge on any atom is 0.149 e. The molecule has 0 aliphatic heterocycles. The molecule has 0 fully saturated rings. The zero-order valence-electron chi connectivity index (χ0n) is 10.7. The normalized spacial score (nSPS) is 11.1. The number of benzene rings is 1. The fraction of sp³-hybridized carbons (Fsp3) is 0.500. The number of nitrogens with zero attached hydrogens (tertiary/aromatic N) is 1. The van der Waals surface area contributed by atoms with Crippen LogP contribution in [0.4, 0.5) is 0 Å². The summed E-state index contributed by atoms with van der Waals surface area (Å²) in [4.78, 5) is 13.7. The van der Waals surface area contributed by atoms with Gasteiger partial charge in [-0.3, -0.25) is 9.69 Å². The fourth-order valence-electron chi connectivity index (χ4n) is 1.58. The Bertz CT molecular complexity index is 358. The molecule has 0 bridgehead atoms. The number of Topliss-reactive ketones (excluding diaryl/α,β-unsaturated/α-hetero) is 1. The van der Waals surface area contributed by atoms with Crippen LogP contribution in [0.5, 0.6) is 0 Å². The van der Waals surface area contributed by atoms with E-state index in [-0.39, 0.29) is 5.92 Å². The minimum Gasteiger partial charge on any atom is -0.298 e. The van der Waals surface area contributed by atoms with Crippen LogP contribution in [0, 0.1) is 12.8 Å². The lowest BCUT2D eigenvalue weighted by Gasteiger charge is -2.18. The molecule has 0 aliphatic carbocycles. The Morgan fingerprint density at radius 1 is 1.31 bits per heavy atom. The molecule has 2 heteroatoms. The first kappa shape index (κ1) is 12.9. The third kappa shape index (κ3) is 3.78. The second-order valence-corrected chi connectivity index (χ2v) is 4.72. The molecule has 1 aromatic rings. The average Bonchev–Trinajstić information content (AvgIpc) is 2.21. The Hall–Kier alpha value is -1.15. The molecule has 16 heavy (non-hydrogen) atoms. The van der Waals surface area contributed by atoms with Crippen molar-refractivity contribution in [1.29, 1.82) is 0 Å². The topological polar surface area (TPSA) is 20.3 Å². The molecule has 0 spiro atoms. The number of ketones is 1. The second kappa shape index (κ2) is 5.80. The number of hydrogen-bond acceptors (Lipinski definition) is 2. The highest BCUT2D eigenvalue weighted by molar-refractivity contribution is 5.82. The molecule has 0 heterocycles. The Morgan fingerprint density at radius 3 is 2.50 bits per heavy atom. The number of carbonyl (C=O) groups is 1. The maximum absolute atomic E-state index is 11.6. The van der Waals surface area contributed by atoms with E-state index < -0.39 is 0 Å². The zero-order valence-corrected chi connectivity index (χ0v) is 10.7. The molecule has 0 saturated carbocycles. The molecule has 0 aromatic heterocycles. The number of carbonyl (C=O) groups excluding carboxylic acids is 1. The van der Waals surface area contributed by atoms with Crippen molar-refractivity contribution in [3.8, 4) is 0 Å². The second-order valence-electron chi connectivity index (χ2n) is 4.72. The van der Waals surface area contributed by atoms with Gasteiger partial charge in [-0.2, -0.15) is 0 Å². The van der Waals surface area contributed by atoms with Crippen LogP contribution in [0.2, 0.25) is 0 Å². The van der Waals surface area contributed by atoms with Crippen LogP contribution in [0.25, 0.3) is 0 Å². The number of aryl methyl sites for hydroxylation is 1. The molecule has 88 valence electrons. The van der Waals surface area contributed by atoms with Gasteiger partial charge in [0.25, 0.3) is 0 Å². The first-order valence-corrected chi connectivity index (χ1v) is 5.76. The summed E-state index contributed by atoms with van der Waals surface area (Å²) in [6.07, 6.45) is 0. The molecular formula is C14H21NO. The molecule has 0 unspecified atom stereocenters. The molecule has 0 atom stereocenters. The van der Waals surface area contributed by atoms with Gasteiger partial charge in [0.05, 0.1) is 6.54 Å². The third-order valence-corrected chi connectivity index (χ3v) is 2.77. The van der Waals surface area contributed by atoms with Crippen molar-refractivity contribution < 1.29 is 4.79 Å². The quantitative estimate of drug-likeness (QED) is 0.759. The van der Waals surface area contributed by atoms with Gasteiger partial charge >= 0.3 is 0 Å². The summed E-state index contributed by atoms with van der Waals surface area (Å²) >= 11 is 0. The smallest absolute Gasteiger partial charge is 0.149 e. The summed E-state index contributed by atoms with van der Waals surface area (Å²) in [6.45, 7) is 7.37. The van der Waals surface area contributed by atoms with E-state index in [4.69, 9.17) is 0 Å². The van der Waals surface area contributed by atoms with Crippen LogP contribution in [-0.2, 0) is 11.3 Å². The lowest BCUT2D eigenvalue weighted by molar-refractivity contribution is -0.122. The first-order chi connectivity index (χ1) is 7.50. The molecule has 0 N–H and O–H groups in total. The van der Waals surface area contributed by atoms with E-state index >= 15 is 0 Å². The average molecular weight is 219 g/mol. The van der Waals surface area contributed by atoms with Gasteiger partial charge in [0.2, 0.25) is 0 Å². The predicted molar refractivity (Wildman–Crippen MR) is 67.4 cm³/mol. The summed E-state index contributed by atoms with van der Waals surface area (Å²) in [7, 11) is 1.99. The van der Waals surface area contributed by atoms with Crippen molar-refractivity contribution in [3.63, 3.8) is 0 Å². The lowest BCUT2D eigenvalue weighted by Crippen LogP contribution is -2.28. The van der Waals surface area contributed by atoms with E-state index in [0.717, 1.165) is 6.54 Å². The molecule has 0 radical (unpaired) electrons. The predicted octanol–water partition coefficient (Wildman–Crippen LogP) is 2.65. The Labute approximate surface area is 98.3 Å². The van der Waals surface area contributed by atoms with Crippen LogP contribution < -0.4 is 0 Å².